The predicted octanol–water partition coefficient (Wildman–Crippen LogP) is -23.0. The minimum absolute atomic E-state index is 0. The van der Waals surface area contributed by atoms with Gasteiger partial charge in [0.25, 0.3) is 0 Å². The van der Waals surface area contributed by atoms with E-state index in [0.29, 0.717) is 29.6 Å². The summed E-state index contributed by atoms with van der Waals surface area (Å²) in [6.45, 7) is 0. The summed E-state index contributed by atoms with van der Waals surface area (Å²) < 4.78 is 213. The fourth-order valence-electron chi connectivity index (χ4n) is 6.45. The largest absolute Gasteiger partial charge is 1.00 e. The van der Waals surface area contributed by atoms with Crippen molar-refractivity contribution in [2.24, 2.45) is 0 Å². The second-order valence-corrected chi connectivity index (χ2v) is 19.5. The molecule has 0 bridgehead atoms. The van der Waals surface area contributed by atoms with Crippen LogP contribution in [0.25, 0.3) is 0 Å². The standard InChI is InChI=1S/C17H10NO8S2.C17H9NO8S2.7K.3O3S/c2*19-16-11-5-8(27(21,22)23)6-14(28(24,25)26)10(11)7-12(16)15-17(20)9-3-1-2-4-13(9)18-15;;;;;;;;3*1-4(2)3/h1-3,5-6,18H,7H2,(H,21,22,23)(H,24,25,26);2-3,5-6,18H,7H2,(H,21,22,23)(H,24,25,26);;;;;;;;;;/q-1;-2;7*+1;;;/p-4/b2*15-12-;;;;;;;;;;. The Kier molecular flexibility index (Phi) is 42.1. The zero-order valence-electron chi connectivity index (χ0n) is 39.2. The molecule has 0 saturated carbocycles. The van der Waals surface area contributed by atoms with Gasteiger partial charge in [-0.1, -0.05) is 11.3 Å². The zero-order chi connectivity index (χ0) is 51.6. The van der Waals surface area contributed by atoms with Crippen LogP contribution in [0.2, 0.25) is 0 Å². The summed E-state index contributed by atoms with van der Waals surface area (Å²) in [5.74, 6) is -2.76. The molecule has 2 aliphatic heterocycles. The number of nitrogens with one attached hydrogen (secondary N) is 2. The first-order chi connectivity index (χ1) is 31.2. The number of rotatable bonds is 4. The summed E-state index contributed by atoms with van der Waals surface area (Å²) in [5, 5.41) is 5.46. The second-order valence-electron chi connectivity index (χ2n) is 12.8. The number of anilines is 2. The smallest absolute Gasteiger partial charge is 0.744 e. The van der Waals surface area contributed by atoms with Crippen molar-refractivity contribution in [1.29, 1.82) is 0 Å². The number of hydrogen-bond acceptors (Lipinski definition) is 27. The van der Waals surface area contributed by atoms with Crippen molar-refractivity contribution in [3.8, 4) is 0 Å². The Morgan fingerprint density at radius 3 is 1.09 bits per heavy atom. The van der Waals surface area contributed by atoms with Crippen LogP contribution in [-0.2, 0) is 85.1 Å². The maximum absolute atomic E-state index is 12.8. The van der Waals surface area contributed by atoms with Gasteiger partial charge in [-0.3, -0.25) is 15.7 Å². The zero-order valence-corrected chi connectivity index (χ0v) is 66.8. The van der Waals surface area contributed by atoms with E-state index in [1.54, 1.807) is 12.1 Å². The first kappa shape index (κ1) is 86.0. The molecule has 2 aliphatic carbocycles. The first-order valence-electron chi connectivity index (χ1n) is 16.8. The molecular formula is C34H15K7N2O25S7. The third-order valence-electron chi connectivity index (χ3n) is 8.93. The summed E-state index contributed by atoms with van der Waals surface area (Å²) in [7, 11) is -30.0. The summed E-state index contributed by atoms with van der Waals surface area (Å²) in [4.78, 5) is 46.7. The number of hydrogen-bond donors (Lipinski definition) is 2. The molecule has 2 heterocycles. The maximum Gasteiger partial charge on any atom is 1.00 e. The van der Waals surface area contributed by atoms with E-state index in [0.717, 1.165) is 6.07 Å². The topological polar surface area (TPSA) is 475 Å². The average Bonchev–Trinajstić information content (AvgIpc) is 3.92. The molecule has 2 N–H and O–H groups in total. The summed E-state index contributed by atoms with van der Waals surface area (Å²) in [5.41, 5.74) is -0.759. The molecule has 4 aromatic rings. The van der Waals surface area contributed by atoms with E-state index < -0.39 is 133 Å². The Morgan fingerprint density at radius 2 is 0.787 bits per heavy atom. The molecule has 4 aromatic carbocycles. The van der Waals surface area contributed by atoms with Crippen LogP contribution in [0.5, 0.6) is 0 Å². The van der Waals surface area contributed by atoms with Crippen molar-refractivity contribution in [1.82, 2.24) is 0 Å². The van der Waals surface area contributed by atoms with Gasteiger partial charge in [-0.05, 0) is 35.4 Å². The number of benzene rings is 4. The van der Waals surface area contributed by atoms with Gasteiger partial charge in [-0.2, -0.15) is 35.5 Å². The number of fused-ring (bicyclic) bond motifs is 4. The van der Waals surface area contributed by atoms with E-state index in [1.807, 2.05) is 0 Å². The molecule has 27 nitrogen and oxygen atoms in total. The Bertz CT molecular complexity index is 3560. The van der Waals surface area contributed by atoms with Gasteiger partial charge in [0.2, 0.25) is 0 Å². The number of allylic oxidation sites excluding steroid dienone is 4. The van der Waals surface area contributed by atoms with Crippen molar-refractivity contribution < 1.29 is 469 Å². The molecule has 0 aromatic heterocycles. The van der Waals surface area contributed by atoms with E-state index in [9.17, 15) is 71.1 Å². The molecule has 360 valence electrons. The number of para-hydroxylation sites is 1. The van der Waals surface area contributed by atoms with Crippen LogP contribution in [-0.4, -0.2) is 113 Å². The fraction of sp³-hybridized carbons (Fsp3) is 0.0588. The van der Waals surface area contributed by atoms with Crippen LogP contribution in [0, 0.1) is 18.2 Å². The van der Waals surface area contributed by atoms with Crippen molar-refractivity contribution in [2.45, 2.75) is 32.4 Å². The Balaban J connectivity index is -0.000000513. The molecule has 0 atom stereocenters. The summed E-state index contributed by atoms with van der Waals surface area (Å²) >= 11 is 0. The SMILES string of the molecule is O=C1/C(=C2\Cc3c(cc(S(=O)(=O)[O-])cc3S(=O)(=O)[O-])C2=O)Nc2[c-]c[c-]cc21.O=C1/C(=C2\Cc3c(cc(S(=O)(=O)[O-])cc3S(=O)(=O)[O-])C2=O)Nc2[c-]cccc21.O=S(=O)=O.O=S(=O)=O.O=S(=O)=O.[K+].[K+].[K+].[K+].[K+].[K+].[K+]. The van der Waals surface area contributed by atoms with Crippen molar-refractivity contribution in [2.75, 3.05) is 10.6 Å². The predicted molar refractivity (Wildman–Crippen MR) is 209 cm³/mol. The van der Waals surface area contributed by atoms with E-state index in [4.69, 9.17) is 37.9 Å². The molecule has 8 rings (SSSR count). The number of Topliss-reactive ketones (excluding diaryl/α,β-unsaturated/α-hetero) is 4. The minimum Gasteiger partial charge on any atom is -0.744 e. The third kappa shape index (κ3) is 24.0. The van der Waals surface area contributed by atoms with Crippen molar-refractivity contribution in [3.63, 3.8) is 0 Å². The van der Waals surface area contributed by atoms with Crippen LogP contribution >= 0.6 is 0 Å². The Labute approximate surface area is 727 Å². The Hall–Kier alpha value is 4.59. The van der Waals surface area contributed by atoms with E-state index in [1.165, 1.54) is 18.2 Å². The van der Waals surface area contributed by atoms with Gasteiger partial charge >= 0.3 is 392 Å². The fourth-order valence-corrected chi connectivity index (χ4v) is 9.15. The van der Waals surface area contributed by atoms with Gasteiger partial charge in [0, 0.05) is 35.1 Å². The molecule has 75 heavy (non-hydrogen) atoms. The van der Waals surface area contributed by atoms with Crippen LogP contribution in [0.15, 0.2) is 96.7 Å². The first-order valence-corrected chi connectivity index (χ1v) is 25.4. The van der Waals surface area contributed by atoms with E-state index in [-0.39, 0.29) is 411 Å². The molecule has 0 spiro atoms. The second kappa shape index (κ2) is 36.7. The molecule has 0 radical (unpaired) electrons. The van der Waals surface area contributed by atoms with Crippen LogP contribution < -0.4 is 370 Å². The van der Waals surface area contributed by atoms with E-state index in [2.05, 4.69) is 28.8 Å². The van der Waals surface area contributed by atoms with Gasteiger partial charge in [0.1, 0.15) is 46.3 Å². The number of carbonyl (C=O) groups is 4. The third-order valence-corrected chi connectivity index (χ3v) is 12.4. The monoisotopic (exact) mass is 1350 g/mol. The maximum atomic E-state index is 12.8. The molecule has 0 amide bonds. The van der Waals surface area contributed by atoms with Crippen LogP contribution in [0.4, 0.5) is 11.4 Å². The van der Waals surface area contributed by atoms with E-state index >= 15 is 0 Å². The number of carbonyl (C=O) groups excluding carboxylic acids is 4. The van der Waals surface area contributed by atoms with Gasteiger partial charge < -0.3 is 56.6 Å². The molecule has 4 aliphatic rings. The van der Waals surface area contributed by atoms with Gasteiger partial charge in [-0.25, -0.2) is 33.7 Å². The molecule has 0 saturated heterocycles. The van der Waals surface area contributed by atoms with Gasteiger partial charge in [0.05, 0.1) is 31.0 Å². The normalized spacial score (nSPS) is 15.0. The Morgan fingerprint density at radius 1 is 0.453 bits per heavy atom. The van der Waals surface area contributed by atoms with Crippen molar-refractivity contribution >= 4 is 107 Å². The number of ketones is 4. The minimum atomic E-state index is -5.19. The molecular weight excluding hydrogens is 1330 g/mol. The molecule has 0 unspecified atom stereocenters. The van der Waals surface area contributed by atoms with Crippen LogP contribution in [0.3, 0.4) is 0 Å². The molecule has 0 fully saturated rings. The summed E-state index contributed by atoms with van der Waals surface area (Å²) in [6.07, 6.45) is -0.776. The van der Waals surface area contributed by atoms with Gasteiger partial charge in [0.15, 0.2) is 17.3 Å². The summed E-state index contributed by atoms with van der Waals surface area (Å²) in [6, 6.07) is 18.0. The quantitative estimate of drug-likeness (QED) is 0.0829. The average molecular weight is 1350 g/mol. The van der Waals surface area contributed by atoms with Crippen molar-refractivity contribution in [3.05, 3.63) is 129 Å². The van der Waals surface area contributed by atoms with Crippen LogP contribution in [0.1, 0.15) is 52.6 Å². The molecule has 41 heteroatoms. The van der Waals surface area contributed by atoms with Gasteiger partial charge in [-0.15, -0.1) is 37.9 Å².